The number of carbonyl (C=O) groups is 1. The van der Waals surface area contributed by atoms with Gasteiger partial charge in [-0.2, -0.15) is 13.2 Å². The van der Waals surface area contributed by atoms with Gasteiger partial charge < -0.3 is 5.32 Å². The van der Waals surface area contributed by atoms with Crippen LogP contribution < -0.4 is 5.32 Å². The van der Waals surface area contributed by atoms with E-state index in [1.807, 2.05) is 0 Å². The molecule has 0 fully saturated rings. The molecule has 1 N–H and O–H groups in total. The number of benzene rings is 1. The number of hydrogen-bond donors (Lipinski definition) is 1. The number of halogens is 3. The topological polar surface area (TPSA) is 72.2 Å². The van der Waals surface area contributed by atoms with Crippen LogP contribution >= 0.6 is 0 Å². The van der Waals surface area contributed by atoms with Gasteiger partial charge in [-0.1, -0.05) is 18.6 Å². The van der Waals surface area contributed by atoms with Gasteiger partial charge in [0.1, 0.15) is 0 Å². The Balaban J connectivity index is 2.17. The summed E-state index contributed by atoms with van der Waals surface area (Å²) in [6, 6.07) is 6.14. The first-order valence-electron chi connectivity index (χ1n) is 6.39. The summed E-state index contributed by atoms with van der Waals surface area (Å²) in [7, 11) is 0. The Morgan fingerprint density at radius 3 is 2.29 bits per heavy atom. The average Bonchev–Trinajstić information content (AvgIpc) is 2.41. The molecule has 5 nitrogen and oxygen atoms in total. The number of nitrogens with zero attached hydrogens (tertiary/aromatic N) is 1. The van der Waals surface area contributed by atoms with Gasteiger partial charge in [-0.3, -0.25) is 14.9 Å². The van der Waals surface area contributed by atoms with Gasteiger partial charge in [-0.25, -0.2) is 0 Å². The van der Waals surface area contributed by atoms with Crippen molar-refractivity contribution in [2.45, 2.75) is 31.9 Å². The summed E-state index contributed by atoms with van der Waals surface area (Å²) in [6.07, 6.45) is -2.30. The summed E-state index contributed by atoms with van der Waals surface area (Å²) in [6.45, 7) is -0.0153. The number of non-ortho nitro benzene ring substituents is 1. The van der Waals surface area contributed by atoms with Gasteiger partial charge in [-0.15, -0.1) is 0 Å². The highest BCUT2D eigenvalue weighted by molar-refractivity contribution is 5.81. The van der Waals surface area contributed by atoms with E-state index in [1.54, 1.807) is 17.4 Å². The van der Waals surface area contributed by atoms with Crippen LogP contribution in [0.5, 0.6) is 0 Å². The lowest BCUT2D eigenvalue weighted by atomic mass is 10.1. The number of nitrogens with one attached hydrogen (secondary N) is 1. The first-order valence-corrected chi connectivity index (χ1v) is 6.39. The van der Waals surface area contributed by atoms with Crippen molar-refractivity contribution >= 4 is 11.6 Å². The lowest BCUT2D eigenvalue weighted by Gasteiger charge is -2.07. The highest BCUT2D eigenvalue weighted by atomic mass is 19.4. The molecule has 0 heterocycles. The van der Waals surface area contributed by atoms with Gasteiger partial charge in [-0.05, 0) is 24.8 Å². The van der Waals surface area contributed by atoms with E-state index in [9.17, 15) is 28.1 Å². The van der Waals surface area contributed by atoms with E-state index in [0.717, 1.165) is 12.0 Å². The monoisotopic (exact) mass is 304 g/mol. The van der Waals surface area contributed by atoms with E-state index in [1.165, 1.54) is 12.1 Å². The molecule has 116 valence electrons. The first kappa shape index (κ1) is 16.9. The standard InChI is InChI=1S/C13H15F3N2O3/c14-13(15,16)12(19)17-9-3-1-2-4-10-5-7-11(8-6-10)18(20)21/h5-8H,1-4,9H2,(H,17,19). The minimum absolute atomic E-state index is 0.0153. The summed E-state index contributed by atoms with van der Waals surface area (Å²) in [5.74, 6) is -1.92. The van der Waals surface area contributed by atoms with E-state index in [-0.39, 0.29) is 12.2 Å². The molecule has 0 unspecified atom stereocenters. The summed E-state index contributed by atoms with van der Waals surface area (Å²) < 4.78 is 35.6. The highest BCUT2D eigenvalue weighted by Crippen LogP contribution is 2.15. The van der Waals surface area contributed by atoms with Gasteiger partial charge in [0.15, 0.2) is 0 Å². The van der Waals surface area contributed by atoms with Crippen LogP contribution in [0.3, 0.4) is 0 Å². The highest BCUT2D eigenvalue weighted by Gasteiger charge is 2.38. The van der Waals surface area contributed by atoms with Gasteiger partial charge in [0.05, 0.1) is 4.92 Å². The fraction of sp³-hybridized carbons (Fsp3) is 0.462. The molecule has 0 saturated carbocycles. The molecule has 0 aromatic heterocycles. The molecule has 0 bridgehead atoms. The zero-order valence-corrected chi connectivity index (χ0v) is 11.2. The summed E-state index contributed by atoms with van der Waals surface area (Å²) in [4.78, 5) is 20.5. The Bertz CT molecular complexity index is 486. The zero-order valence-electron chi connectivity index (χ0n) is 11.2. The zero-order chi connectivity index (χ0) is 15.9. The lowest BCUT2D eigenvalue weighted by Crippen LogP contribution is -2.37. The van der Waals surface area contributed by atoms with Gasteiger partial charge in [0, 0.05) is 18.7 Å². The molecule has 0 aliphatic heterocycles. The van der Waals surface area contributed by atoms with Crippen LogP contribution in [-0.4, -0.2) is 23.6 Å². The predicted molar refractivity (Wildman–Crippen MR) is 69.7 cm³/mol. The Kier molecular flexibility index (Phi) is 6.13. The Morgan fingerprint density at radius 2 is 1.76 bits per heavy atom. The third kappa shape index (κ3) is 6.24. The second-order valence-electron chi connectivity index (χ2n) is 4.49. The van der Waals surface area contributed by atoms with Gasteiger partial charge in [0.2, 0.25) is 0 Å². The smallest absolute Gasteiger partial charge is 0.348 e. The van der Waals surface area contributed by atoms with Crippen LogP contribution in [0, 0.1) is 10.1 Å². The second-order valence-corrected chi connectivity index (χ2v) is 4.49. The Labute approximate surface area is 119 Å². The second kappa shape index (κ2) is 7.61. The number of rotatable bonds is 7. The molecule has 0 aliphatic carbocycles. The molecule has 1 aromatic carbocycles. The summed E-state index contributed by atoms with van der Waals surface area (Å²) >= 11 is 0. The van der Waals surface area contributed by atoms with Crippen LogP contribution in [0.1, 0.15) is 24.8 Å². The largest absolute Gasteiger partial charge is 0.471 e. The number of nitro benzene ring substituents is 1. The number of hydrogen-bond acceptors (Lipinski definition) is 3. The van der Waals surface area contributed by atoms with Crippen LogP contribution in [0.2, 0.25) is 0 Å². The lowest BCUT2D eigenvalue weighted by molar-refractivity contribution is -0.384. The maximum Gasteiger partial charge on any atom is 0.471 e. The fourth-order valence-corrected chi connectivity index (χ4v) is 1.72. The number of aryl methyl sites for hydroxylation is 1. The van der Waals surface area contributed by atoms with Crippen molar-refractivity contribution in [2.24, 2.45) is 0 Å². The molecule has 1 aromatic rings. The minimum Gasteiger partial charge on any atom is -0.348 e. The molecule has 1 amide bonds. The maximum absolute atomic E-state index is 11.9. The SMILES string of the molecule is O=C(NCCCCCc1ccc([N+](=O)[O-])cc1)C(F)(F)F. The molecule has 0 atom stereocenters. The van der Waals surface area contributed by atoms with Crippen molar-refractivity contribution in [1.82, 2.24) is 5.32 Å². The van der Waals surface area contributed by atoms with Gasteiger partial charge in [0.25, 0.3) is 5.69 Å². The molecule has 0 radical (unpaired) electrons. The van der Waals surface area contributed by atoms with E-state index < -0.39 is 17.0 Å². The van der Waals surface area contributed by atoms with Crippen molar-refractivity contribution in [1.29, 1.82) is 0 Å². The average molecular weight is 304 g/mol. The van der Waals surface area contributed by atoms with Crippen LogP contribution in [0.25, 0.3) is 0 Å². The van der Waals surface area contributed by atoms with Crippen molar-refractivity contribution in [3.63, 3.8) is 0 Å². The van der Waals surface area contributed by atoms with Crippen molar-refractivity contribution < 1.29 is 22.9 Å². The number of unbranched alkanes of at least 4 members (excludes halogenated alkanes) is 2. The Morgan fingerprint density at radius 1 is 1.14 bits per heavy atom. The normalized spacial score (nSPS) is 11.2. The quantitative estimate of drug-likeness (QED) is 0.478. The van der Waals surface area contributed by atoms with Crippen molar-refractivity contribution in [2.75, 3.05) is 6.54 Å². The van der Waals surface area contributed by atoms with E-state index >= 15 is 0 Å². The Hall–Kier alpha value is -2.12. The van der Waals surface area contributed by atoms with Crippen LogP contribution in [0.4, 0.5) is 18.9 Å². The molecular weight excluding hydrogens is 289 g/mol. The molecule has 0 spiro atoms. The number of carbonyl (C=O) groups excluding carboxylic acids is 1. The molecule has 0 aliphatic rings. The molecule has 21 heavy (non-hydrogen) atoms. The third-order valence-corrected chi connectivity index (χ3v) is 2.83. The summed E-state index contributed by atoms with van der Waals surface area (Å²) in [5.41, 5.74) is 0.952. The van der Waals surface area contributed by atoms with Gasteiger partial charge >= 0.3 is 12.1 Å². The number of amides is 1. The minimum atomic E-state index is -4.83. The molecule has 0 saturated heterocycles. The third-order valence-electron chi connectivity index (χ3n) is 2.83. The molecule has 1 rings (SSSR count). The van der Waals surface area contributed by atoms with Crippen LogP contribution in [-0.2, 0) is 11.2 Å². The van der Waals surface area contributed by atoms with E-state index in [4.69, 9.17) is 0 Å². The molecular formula is C13H15F3N2O3. The van der Waals surface area contributed by atoms with E-state index in [0.29, 0.717) is 19.3 Å². The predicted octanol–water partition coefficient (Wildman–Crippen LogP) is 2.99. The number of nitro groups is 1. The van der Waals surface area contributed by atoms with Crippen LogP contribution in [0.15, 0.2) is 24.3 Å². The number of alkyl halides is 3. The van der Waals surface area contributed by atoms with Crippen molar-refractivity contribution in [3.8, 4) is 0 Å². The van der Waals surface area contributed by atoms with Crippen molar-refractivity contribution in [3.05, 3.63) is 39.9 Å². The molecule has 8 heteroatoms. The fourth-order valence-electron chi connectivity index (χ4n) is 1.72. The maximum atomic E-state index is 11.9. The summed E-state index contributed by atoms with van der Waals surface area (Å²) in [5, 5.41) is 12.3. The van der Waals surface area contributed by atoms with E-state index in [2.05, 4.69) is 0 Å². The first-order chi connectivity index (χ1) is 9.80.